The van der Waals surface area contributed by atoms with Gasteiger partial charge in [-0.05, 0) is 29.8 Å². The highest BCUT2D eigenvalue weighted by Crippen LogP contribution is 2.13. The molecule has 0 saturated heterocycles. The number of benzene rings is 1. The van der Waals surface area contributed by atoms with Crippen LogP contribution in [-0.4, -0.2) is 0 Å². The Labute approximate surface area is 63.9 Å². The third-order valence-corrected chi connectivity index (χ3v) is 1.28. The first-order valence-corrected chi connectivity index (χ1v) is 3.09. The van der Waals surface area contributed by atoms with Gasteiger partial charge in [0.15, 0.2) is 0 Å². The van der Waals surface area contributed by atoms with Gasteiger partial charge in [0, 0.05) is 5.02 Å². The van der Waals surface area contributed by atoms with Gasteiger partial charge in [0.1, 0.15) is 5.82 Å². The molecule has 0 unspecified atom stereocenters. The molecule has 0 fully saturated rings. The van der Waals surface area contributed by atoms with E-state index in [0.717, 1.165) is 0 Å². The molecule has 1 rings (SSSR count). The maximum absolute atomic E-state index is 12.5. The Morgan fingerprint density at radius 2 is 2.10 bits per heavy atom. The van der Waals surface area contributed by atoms with Crippen LogP contribution < -0.4 is 0 Å². The van der Waals surface area contributed by atoms with Gasteiger partial charge < -0.3 is 0 Å². The minimum atomic E-state index is -0.362. The van der Waals surface area contributed by atoms with Crippen molar-refractivity contribution >= 4 is 11.6 Å². The molecule has 0 amide bonds. The van der Waals surface area contributed by atoms with E-state index in [1.165, 1.54) is 12.1 Å². The Kier molecular flexibility index (Phi) is 2.07. The van der Waals surface area contributed by atoms with E-state index in [-0.39, 0.29) is 5.82 Å². The summed E-state index contributed by atoms with van der Waals surface area (Å²) in [5, 5.41) is 0.367. The van der Waals surface area contributed by atoms with Crippen molar-refractivity contribution in [1.29, 1.82) is 0 Å². The van der Waals surface area contributed by atoms with Crippen LogP contribution in [-0.2, 0) is 0 Å². The van der Waals surface area contributed by atoms with Crippen LogP contribution in [0.15, 0.2) is 24.8 Å². The van der Waals surface area contributed by atoms with Crippen LogP contribution in [0.2, 0.25) is 5.02 Å². The summed E-state index contributed by atoms with van der Waals surface area (Å²) in [5.41, 5.74) is 0.574. The highest BCUT2D eigenvalue weighted by molar-refractivity contribution is 6.30. The summed E-state index contributed by atoms with van der Waals surface area (Å²) in [6.07, 6.45) is 2.53. The molecule has 10 heavy (non-hydrogen) atoms. The van der Waals surface area contributed by atoms with Crippen LogP contribution >= 0.6 is 11.6 Å². The smallest absolute Gasteiger partial charge is 0.125 e. The van der Waals surface area contributed by atoms with Crippen LogP contribution in [0, 0.1) is 11.9 Å². The van der Waals surface area contributed by atoms with E-state index < -0.39 is 0 Å². The van der Waals surface area contributed by atoms with Gasteiger partial charge in [-0.3, -0.25) is 0 Å². The maximum Gasteiger partial charge on any atom is 0.125 e. The molecule has 1 aromatic carbocycles. The zero-order chi connectivity index (χ0) is 7.56. The molecule has 0 aromatic heterocycles. The number of hydrogen-bond acceptors (Lipinski definition) is 0. The van der Waals surface area contributed by atoms with Crippen molar-refractivity contribution in [2.24, 2.45) is 0 Å². The maximum atomic E-state index is 12.5. The molecule has 0 aliphatic rings. The van der Waals surface area contributed by atoms with Crippen molar-refractivity contribution in [3.8, 4) is 0 Å². The standard InChI is InChI=1S/C8H5ClF/c1-2-6-3-7(9)5-8(10)4-6/h3-5H,1H2. The first kappa shape index (κ1) is 7.29. The predicted octanol–water partition coefficient (Wildman–Crippen LogP) is 2.82. The molecule has 1 aromatic rings. The lowest BCUT2D eigenvalue weighted by atomic mass is 10.2. The van der Waals surface area contributed by atoms with Crippen molar-refractivity contribution in [2.75, 3.05) is 0 Å². The van der Waals surface area contributed by atoms with Gasteiger partial charge in [0.2, 0.25) is 0 Å². The lowest BCUT2D eigenvalue weighted by Gasteiger charge is -1.93. The fourth-order valence-electron chi connectivity index (χ4n) is 0.656. The van der Waals surface area contributed by atoms with Gasteiger partial charge in [0.05, 0.1) is 0 Å². The second-order valence-electron chi connectivity index (χ2n) is 1.83. The first-order chi connectivity index (χ1) is 4.72. The zero-order valence-corrected chi connectivity index (χ0v) is 5.95. The molecular weight excluding hydrogens is 151 g/mol. The Hall–Kier alpha value is -0.820. The Morgan fingerprint density at radius 1 is 1.40 bits per heavy atom. The highest BCUT2D eigenvalue weighted by Gasteiger charge is 1.94. The molecule has 51 valence electrons. The van der Waals surface area contributed by atoms with E-state index >= 15 is 0 Å². The van der Waals surface area contributed by atoms with Crippen LogP contribution in [0.25, 0.3) is 0 Å². The van der Waals surface area contributed by atoms with Gasteiger partial charge in [-0.15, -0.1) is 0 Å². The van der Waals surface area contributed by atoms with Crippen LogP contribution in [0.1, 0.15) is 5.56 Å². The largest absolute Gasteiger partial charge is 0.207 e. The Morgan fingerprint density at radius 3 is 2.60 bits per heavy atom. The SMILES string of the molecule is C=[C]c1cc(F)cc(Cl)c1. The first-order valence-electron chi connectivity index (χ1n) is 2.71. The second-order valence-corrected chi connectivity index (χ2v) is 2.27. The highest BCUT2D eigenvalue weighted by atomic mass is 35.5. The molecule has 0 bridgehead atoms. The predicted molar refractivity (Wildman–Crippen MR) is 39.4 cm³/mol. The average Bonchev–Trinajstić information content (AvgIpc) is 1.85. The normalized spacial score (nSPS) is 9.40. The van der Waals surface area contributed by atoms with Crippen molar-refractivity contribution < 1.29 is 4.39 Å². The molecule has 0 saturated carbocycles. The lowest BCUT2D eigenvalue weighted by molar-refractivity contribution is 0.627. The fourth-order valence-corrected chi connectivity index (χ4v) is 0.878. The summed E-state index contributed by atoms with van der Waals surface area (Å²) >= 11 is 5.52. The topological polar surface area (TPSA) is 0 Å². The second kappa shape index (κ2) is 2.84. The number of hydrogen-bond donors (Lipinski definition) is 0. The fraction of sp³-hybridized carbons (Fsp3) is 0. The lowest BCUT2D eigenvalue weighted by Crippen LogP contribution is -1.77. The van der Waals surface area contributed by atoms with Crippen LogP contribution in [0.3, 0.4) is 0 Å². The molecule has 0 nitrogen and oxygen atoms in total. The van der Waals surface area contributed by atoms with Crippen molar-refractivity contribution in [3.05, 3.63) is 47.3 Å². The number of rotatable bonds is 1. The molecule has 0 aliphatic carbocycles. The molecular formula is C8H5ClF. The van der Waals surface area contributed by atoms with Crippen LogP contribution in [0.5, 0.6) is 0 Å². The Bertz CT molecular complexity index is 235. The van der Waals surface area contributed by atoms with Crippen molar-refractivity contribution in [1.82, 2.24) is 0 Å². The van der Waals surface area contributed by atoms with Gasteiger partial charge in [0.25, 0.3) is 0 Å². The Balaban J connectivity index is 3.18. The average molecular weight is 156 g/mol. The molecule has 0 atom stereocenters. The third kappa shape index (κ3) is 1.58. The summed E-state index contributed by atoms with van der Waals surface area (Å²) in [5.74, 6) is -0.362. The summed E-state index contributed by atoms with van der Waals surface area (Å²) in [6.45, 7) is 3.36. The molecule has 0 spiro atoms. The molecule has 2 heteroatoms. The summed E-state index contributed by atoms with van der Waals surface area (Å²) < 4.78 is 12.5. The van der Waals surface area contributed by atoms with E-state index in [2.05, 4.69) is 12.7 Å². The van der Waals surface area contributed by atoms with Gasteiger partial charge in [-0.1, -0.05) is 18.2 Å². The van der Waals surface area contributed by atoms with Gasteiger partial charge in [-0.25, -0.2) is 4.39 Å². The quantitative estimate of drug-likeness (QED) is 0.585. The van der Waals surface area contributed by atoms with Crippen molar-refractivity contribution in [2.45, 2.75) is 0 Å². The van der Waals surface area contributed by atoms with Crippen LogP contribution in [0.4, 0.5) is 4.39 Å². The van der Waals surface area contributed by atoms with Gasteiger partial charge >= 0.3 is 0 Å². The molecule has 1 radical (unpaired) electrons. The van der Waals surface area contributed by atoms with E-state index in [1.807, 2.05) is 0 Å². The monoisotopic (exact) mass is 155 g/mol. The van der Waals surface area contributed by atoms with E-state index in [4.69, 9.17) is 11.6 Å². The van der Waals surface area contributed by atoms with Crippen molar-refractivity contribution in [3.63, 3.8) is 0 Å². The zero-order valence-electron chi connectivity index (χ0n) is 5.20. The summed E-state index contributed by atoms with van der Waals surface area (Å²) in [7, 11) is 0. The third-order valence-electron chi connectivity index (χ3n) is 1.07. The minimum Gasteiger partial charge on any atom is -0.207 e. The van der Waals surface area contributed by atoms with Gasteiger partial charge in [-0.2, -0.15) is 0 Å². The number of halogens is 2. The van der Waals surface area contributed by atoms with E-state index in [9.17, 15) is 4.39 Å². The summed E-state index contributed by atoms with van der Waals surface area (Å²) in [4.78, 5) is 0. The minimum absolute atomic E-state index is 0.362. The summed E-state index contributed by atoms with van der Waals surface area (Å²) in [6, 6.07) is 4.15. The van der Waals surface area contributed by atoms with E-state index in [1.54, 1.807) is 6.07 Å². The van der Waals surface area contributed by atoms with E-state index in [0.29, 0.717) is 10.6 Å². The molecule has 0 heterocycles. The molecule has 0 N–H and O–H groups in total. The molecule has 0 aliphatic heterocycles.